The number of esters is 1. The second-order valence-corrected chi connectivity index (χ2v) is 4.52. The molecule has 0 saturated heterocycles. The summed E-state index contributed by atoms with van der Waals surface area (Å²) in [5, 5.41) is 5.37. The zero-order chi connectivity index (χ0) is 14.5. The number of hydrogen-bond donors (Lipinski definition) is 1. The standard InChI is InChI=1S/C16H19NO3/c1-17-13(10-15(18)20-3)16-12-7-5-4-6-11(12)8-9-14(16)19-2/h4-9,13,17H,10H2,1-3H3. The number of rotatable bonds is 5. The van der Waals surface area contributed by atoms with Gasteiger partial charge in [0.15, 0.2) is 0 Å². The Morgan fingerprint density at radius 2 is 1.95 bits per heavy atom. The highest BCUT2D eigenvalue weighted by Crippen LogP contribution is 2.34. The van der Waals surface area contributed by atoms with Crippen molar-refractivity contribution in [1.29, 1.82) is 0 Å². The Hall–Kier alpha value is -2.07. The summed E-state index contributed by atoms with van der Waals surface area (Å²) in [5.74, 6) is 0.520. The predicted octanol–water partition coefficient (Wildman–Crippen LogP) is 2.67. The van der Waals surface area contributed by atoms with E-state index in [-0.39, 0.29) is 18.4 Å². The lowest BCUT2D eigenvalue weighted by atomic mass is 9.95. The molecule has 1 unspecified atom stereocenters. The van der Waals surface area contributed by atoms with Crippen LogP contribution in [-0.2, 0) is 9.53 Å². The third kappa shape index (κ3) is 2.75. The summed E-state index contributed by atoms with van der Waals surface area (Å²) in [4.78, 5) is 11.6. The Bertz CT molecular complexity index is 610. The average molecular weight is 273 g/mol. The van der Waals surface area contributed by atoms with Gasteiger partial charge in [-0.1, -0.05) is 30.3 Å². The number of benzene rings is 2. The number of carbonyl (C=O) groups is 1. The molecule has 20 heavy (non-hydrogen) atoms. The highest BCUT2D eigenvalue weighted by Gasteiger charge is 2.20. The molecule has 2 aromatic carbocycles. The second kappa shape index (κ2) is 6.39. The van der Waals surface area contributed by atoms with Gasteiger partial charge in [0.1, 0.15) is 5.75 Å². The maximum absolute atomic E-state index is 11.6. The first kappa shape index (κ1) is 14.3. The largest absolute Gasteiger partial charge is 0.496 e. The Morgan fingerprint density at radius 1 is 1.20 bits per heavy atom. The summed E-state index contributed by atoms with van der Waals surface area (Å²) < 4.78 is 10.2. The van der Waals surface area contributed by atoms with Crippen LogP contribution in [-0.4, -0.2) is 27.2 Å². The van der Waals surface area contributed by atoms with E-state index in [4.69, 9.17) is 9.47 Å². The van der Waals surface area contributed by atoms with Gasteiger partial charge in [-0.2, -0.15) is 0 Å². The summed E-state index contributed by atoms with van der Waals surface area (Å²) in [6.07, 6.45) is 0.261. The van der Waals surface area contributed by atoms with Gasteiger partial charge in [0, 0.05) is 11.6 Å². The van der Waals surface area contributed by atoms with Crippen molar-refractivity contribution in [3.8, 4) is 5.75 Å². The van der Waals surface area contributed by atoms with Crippen molar-refractivity contribution in [2.45, 2.75) is 12.5 Å². The van der Waals surface area contributed by atoms with E-state index in [2.05, 4.69) is 5.32 Å². The minimum atomic E-state index is -0.251. The molecule has 0 fully saturated rings. The molecular formula is C16H19NO3. The van der Waals surface area contributed by atoms with Crippen LogP contribution in [0.5, 0.6) is 5.75 Å². The van der Waals surface area contributed by atoms with Gasteiger partial charge in [0.05, 0.1) is 20.6 Å². The molecule has 0 heterocycles. The van der Waals surface area contributed by atoms with Crippen LogP contribution in [0.15, 0.2) is 36.4 Å². The average Bonchev–Trinajstić information content (AvgIpc) is 2.51. The van der Waals surface area contributed by atoms with Crippen LogP contribution in [0.3, 0.4) is 0 Å². The molecule has 1 N–H and O–H groups in total. The number of fused-ring (bicyclic) bond motifs is 1. The topological polar surface area (TPSA) is 47.6 Å². The third-order valence-electron chi connectivity index (χ3n) is 3.45. The molecule has 0 amide bonds. The predicted molar refractivity (Wildman–Crippen MR) is 78.9 cm³/mol. The van der Waals surface area contributed by atoms with E-state index in [0.717, 1.165) is 22.1 Å². The van der Waals surface area contributed by atoms with Gasteiger partial charge >= 0.3 is 5.97 Å². The van der Waals surface area contributed by atoms with E-state index in [0.29, 0.717) is 0 Å². The Balaban J connectivity index is 2.56. The first-order valence-electron chi connectivity index (χ1n) is 6.51. The van der Waals surface area contributed by atoms with Crippen LogP contribution in [0.4, 0.5) is 0 Å². The van der Waals surface area contributed by atoms with Crippen LogP contribution in [0.25, 0.3) is 10.8 Å². The quantitative estimate of drug-likeness (QED) is 0.851. The van der Waals surface area contributed by atoms with Gasteiger partial charge in [0.2, 0.25) is 0 Å². The highest BCUT2D eigenvalue weighted by molar-refractivity contribution is 5.89. The molecule has 4 nitrogen and oxygen atoms in total. The number of carbonyl (C=O) groups excluding carboxylic acids is 1. The van der Waals surface area contributed by atoms with Crippen LogP contribution in [0.1, 0.15) is 18.0 Å². The molecule has 0 spiro atoms. The van der Waals surface area contributed by atoms with Gasteiger partial charge in [-0.3, -0.25) is 4.79 Å². The molecule has 106 valence electrons. The van der Waals surface area contributed by atoms with Crippen LogP contribution >= 0.6 is 0 Å². The molecule has 0 aliphatic rings. The minimum Gasteiger partial charge on any atom is -0.496 e. The number of methoxy groups -OCH3 is 2. The van der Waals surface area contributed by atoms with Gasteiger partial charge in [0.25, 0.3) is 0 Å². The molecule has 1 atom stereocenters. The van der Waals surface area contributed by atoms with Crippen molar-refractivity contribution in [2.24, 2.45) is 0 Å². The maximum Gasteiger partial charge on any atom is 0.307 e. The van der Waals surface area contributed by atoms with E-state index in [1.165, 1.54) is 7.11 Å². The van der Waals surface area contributed by atoms with Gasteiger partial charge in [-0.05, 0) is 23.9 Å². The highest BCUT2D eigenvalue weighted by atomic mass is 16.5. The molecule has 2 aromatic rings. The maximum atomic E-state index is 11.6. The lowest BCUT2D eigenvalue weighted by Gasteiger charge is -2.20. The molecule has 0 aliphatic heterocycles. The fourth-order valence-corrected chi connectivity index (χ4v) is 2.41. The summed E-state index contributed by atoms with van der Waals surface area (Å²) in [6.45, 7) is 0. The number of ether oxygens (including phenoxy) is 2. The van der Waals surface area contributed by atoms with E-state index in [1.54, 1.807) is 7.11 Å². The smallest absolute Gasteiger partial charge is 0.307 e. The SMILES string of the molecule is CNC(CC(=O)OC)c1c(OC)ccc2ccccc12. The summed E-state index contributed by atoms with van der Waals surface area (Å²) in [7, 11) is 4.86. The monoisotopic (exact) mass is 273 g/mol. The summed E-state index contributed by atoms with van der Waals surface area (Å²) in [5.41, 5.74) is 0.985. The summed E-state index contributed by atoms with van der Waals surface area (Å²) >= 11 is 0. The Morgan fingerprint density at radius 3 is 2.60 bits per heavy atom. The number of nitrogens with one attached hydrogen (secondary N) is 1. The molecule has 4 heteroatoms. The fourth-order valence-electron chi connectivity index (χ4n) is 2.41. The van der Waals surface area contributed by atoms with E-state index in [9.17, 15) is 4.79 Å². The van der Waals surface area contributed by atoms with Crippen molar-refractivity contribution < 1.29 is 14.3 Å². The number of hydrogen-bond acceptors (Lipinski definition) is 4. The summed E-state index contributed by atoms with van der Waals surface area (Å²) in [6, 6.07) is 11.9. The van der Waals surface area contributed by atoms with Crippen LogP contribution < -0.4 is 10.1 Å². The minimum absolute atomic E-state index is 0.150. The first-order valence-corrected chi connectivity index (χ1v) is 6.51. The molecule has 0 bridgehead atoms. The van der Waals surface area contributed by atoms with Crippen molar-refractivity contribution in [3.05, 3.63) is 42.0 Å². The molecule has 2 rings (SSSR count). The first-order chi connectivity index (χ1) is 9.71. The fraction of sp³-hybridized carbons (Fsp3) is 0.312. The zero-order valence-electron chi connectivity index (χ0n) is 12.0. The van der Waals surface area contributed by atoms with Gasteiger partial charge in [-0.25, -0.2) is 0 Å². The van der Waals surface area contributed by atoms with E-state index in [1.807, 2.05) is 43.4 Å². The van der Waals surface area contributed by atoms with Gasteiger partial charge < -0.3 is 14.8 Å². The van der Waals surface area contributed by atoms with E-state index >= 15 is 0 Å². The van der Waals surface area contributed by atoms with Crippen LogP contribution in [0, 0.1) is 0 Å². The molecule has 0 aliphatic carbocycles. The Labute approximate surface area is 118 Å². The molecular weight excluding hydrogens is 254 g/mol. The molecule has 0 saturated carbocycles. The van der Waals surface area contributed by atoms with Gasteiger partial charge in [-0.15, -0.1) is 0 Å². The van der Waals surface area contributed by atoms with Crippen molar-refractivity contribution >= 4 is 16.7 Å². The van der Waals surface area contributed by atoms with Crippen molar-refractivity contribution in [1.82, 2.24) is 5.32 Å². The van der Waals surface area contributed by atoms with E-state index < -0.39 is 0 Å². The lowest BCUT2D eigenvalue weighted by molar-refractivity contribution is -0.141. The lowest BCUT2D eigenvalue weighted by Crippen LogP contribution is -2.21. The zero-order valence-corrected chi connectivity index (χ0v) is 12.0. The van der Waals surface area contributed by atoms with Crippen LogP contribution in [0.2, 0.25) is 0 Å². The van der Waals surface area contributed by atoms with Crippen molar-refractivity contribution in [3.63, 3.8) is 0 Å². The normalized spacial score (nSPS) is 12.2. The Kier molecular flexibility index (Phi) is 4.58. The third-order valence-corrected chi connectivity index (χ3v) is 3.45. The molecule has 0 aromatic heterocycles. The molecule has 0 radical (unpaired) electrons. The second-order valence-electron chi connectivity index (χ2n) is 4.52. The van der Waals surface area contributed by atoms with Crippen molar-refractivity contribution in [2.75, 3.05) is 21.3 Å².